The van der Waals surface area contributed by atoms with Crippen molar-refractivity contribution in [2.24, 2.45) is 5.92 Å². The van der Waals surface area contributed by atoms with Gasteiger partial charge in [0.05, 0.1) is 0 Å². The number of carbonyl (C=O) groups excluding carboxylic acids is 1. The molecule has 0 bridgehead atoms. The number of hydrogen-bond donors (Lipinski definition) is 1. The molecular formula is C13H23NO3. The Morgan fingerprint density at radius 1 is 1.29 bits per heavy atom. The van der Waals surface area contributed by atoms with Crippen LogP contribution in [0.4, 0.5) is 0 Å². The van der Waals surface area contributed by atoms with E-state index in [0.717, 1.165) is 19.4 Å². The Morgan fingerprint density at radius 2 is 1.88 bits per heavy atom. The van der Waals surface area contributed by atoms with Gasteiger partial charge in [0.15, 0.2) is 0 Å². The monoisotopic (exact) mass is 241 g/mol. The summed E-state index contributed by atoms with van der Waals surface area (Å²) in [6, 6.07) is 0.393. The maximum absolute atomic E-state index is 12.1. The molecule has 1 amide bonds. The first-order valence-corrected chi connectivity index (χ1v) is 6.55. The van der Waals surface area contributed by atoms with Gasteiger partial charge >= 0.3 is 5.97 Å². The first kappa shape index (κ1) is 14.0. The Labute approximate surface area is 103 Å². The van der Waals surface area contributed by atoms with E-state index >= 15 is 0 Å². The highest BCUT2D eigenvalue weighted by Gasteiger charge is 2.26. The highest BCUT2D eigenvalue weighted by molar-refractivity contribution is 5.77. The molecule has 4 heteroatoms. The molecule has 4 nitrogen and oxygen atoms in total. The topological polar surface area (TPSA) is 57.6 Å². The van der Waals surface area contributed by atoms with Crippen LogP contribution in [-0.2, 0) is 9.59 Å². The van der Waals surface area contributed by atoms with Crippen molar-refractivity contribution in [3.05, 3.63) is 0 Å². The van der Waals surface area contributed by atoms with Gasteiger partial charge < -0.3 is 10.0 Å². The molecule has 1 aliphatic rings. The molecule has 1 unspecified atom stereocenters. The van der Waals surface area contributed by atoms with E-state index in [9.17, 15) is 9.59 Å². The summed E-state index contributed by atoms with van der Waals surface area (Å²) >= 11 is 0. The molecule has 0 aromatic heterocycles. The SMILES string of the molecule is CCN(C(=O)CC(C)CC(=O)O)C1CCCC1. The van der Waals surface area contributed by atoms with E-state index < -0.39 is 5.97 Å². The molecule has 98 valence electrons. The Hall–Kier alpha value is -1.06. The first-order valence-electron chi connectivity index (χ1n) is 6.55. The molecule has 0 radical (unpaired) electrons. The van der Waals surface area contributed by atoms with Gasteiger partial charge in [-0.05, 0) is 25.7 Å². The summed E-state index contributed by atoms with van der Waals surface area (Å²) in [5.74, 6) is -0.780. The third-order valence-corrected chi connectivity index (χ3v) is 3.47. The van der Waals surface area contributed by atoms with Crippen molar-refractivity contribution in [3.8, 4) is 0 Å². The quantitative estimate of drug-likeness (QED) is 0.776. The fourth-order valence-corrected chi connectivity index (χ4v) is 2.64. The summed E-state index contributed by atoms with van der Waals surface area (Å²) in [5.41, 5.74) is 0. The Kier molecular flexibility index (Phi) is 5.45. The van der Waals surface area contributed by atoms with Crippen LogP contribution in [0.2, 0.25) is 0 Å². The molecule has 1 N–H and O–H groups in total. The molecule has 1 saturated carbocycles. The van der Waals surface area contributed by atoms with Crippen molar-refractivity contribution in [3.63, 3.8) is 0 Å². The molecule has 1 rings (SSSR count). The van der Waals surface area contributed by atoms with Crippen molar-refractivity contribution in [2.45, 2.75) is 58.4 Å². The van der Waals surface area contributed by atoms with Gasteiger partial charge in [-0.25, -0.2) is 0 Å². The lowest BCUT2D eigenvalue weighted by atomic mass is 10.0. The van der Waals surface area contributed by atoms with Crippen molar-refractivity contribution >= 4 is 11.9 Å². The molecule has 0 spiro atoms. The normalized spacial score (nSPS) is 18.0. The van der Waals surface area contributed by atoms with Gasteiger partial charge in [0, 0.05) is 25.4 Å². The lowest BCUT2D eigenvalue weighted by molar-refractivity contribution is -0.139. The summed E-state index contributed by atoms with van der Waals surface area (Å²) in [6.07, 6.45) is 5.06. The maximum Gasteiger partial charge on any atom is 0.303 e. The van der Waals surface area contributed by atoms with Crippen molar-refractivity contribution in [1.29, 1.82) is 0 Å². The summed E-state index contributed by atoms with van der Waals surface area (Å²) < 4.78 is 0. The van der Waals surface area contributed by atoms with Crippen molar-refractivity contribution < 1.29 is 14.7 Å². The van der Waals surface area contributed by atoms with Crippen LogP contribution in [-0.4, -0.2) is 34.5 Å². The number of carboxylic acid groups (broad SMARTS) is 1. The highest BCUT2D eigenvalue weighted by Crippen LogP contribution is 2.24. The van der Waals surface area contributed by atoms with E-state index in [1.54, 1.807) is 0 Å². The second-order valence-electron chi connectivity index (χ2n) is 5.03. The first-order chi connectivity index (χ1) is 8.04. The number of hydrogen-bond acceptors (Lipinski definition) is 2. The Morgan fingerprint density at radius 3 is 2.35 bits per heavy atom. The minimum atomic E-state index is -0.825. The van der Waals surface area contributed by atoms with Crippen LogP contribution in [0.1, 0.15) is 52.4 Å². The highest BCUT2D eigenvalue weighted by atomic mass is 16.4. The molecule has 0 heterocycles. The number of amides is 1. The lowest BCUT2D eigenvalue weighted by Crippen LogP contribution is -2.39. The number of rotatable bonds is 6. The largest absolute Gasteiger partial charge is 0.481 e. The number of nitrogens with zero attached hydrogens (tertiary/aromatic N) is 1. The zero-order valence-corrected chi connectivity index (χ0v) is 10.8. The zero-order valence-electron chi connectivity index (χ0n) is 10.8. The van der Waals surface area contributed by atoms with Crippen LogP contribution in [0.3, 0.4) is 0 Å². The fourth-order valence-electron chi connectivity index (χ4n) is 2.64. The predicted octanol–water partition coefficient (Wildman–Crippen LogP) is 2.28. The number of carboxylic acids is 1. The van der Waals surface area contributed by atoms with Crippen LogP contribution < -0.4 is 0 Å². The smallest absolute Gasteiger partial charge is 0.303 e. The van der Waals surface area contributed by atoms with Gasteiger partial charge in [-0.2, -0.15) is 0 Å². The van der Waals surface area contributed by atoms with Gasteiger partial charge in [-0.15, -0.1) is 0 Å². The van der Waals surface area contributed by atoms with E-state index in [1.165, 1.54) is 12.8 Å². The van der Waals surface area contributed by atoms with E-state index in [-0.39, 0.29) is 18.2 Å². The molecule has 1 fully saturated rings. The van der Waals surface area contributed by atoms with Crippen LogP contribution in [0, 0.1) is 5.92 Å². The van der Waals surface area contributed by atoms with Crippen LogP contribution in [0.5, 0.6) is 0 Å². The average Bonchev–Trinajstić information content (AvgIpc) is 2.70. The van der Waals surface area contributed by atoms with E-state index in [4.69, 9.17) is 5.11 Å². The van der Waals surface area contributed by atoms with Crippen LogP contribution in [0.25, 0.3) is 0 Å². The van der Waals surface area contributed by atoms with Crippen LogP contribution in [0.15, 0.2) is 0 Å². The second kappa shape index (κ2) is 6.62. The molecular weight excluding hydrogens is 218 g/mol. The summed E-state index contributed by atoms with van der Waals surface area (Å²) in [6.45, 7) is 4.57. The van der Waals surface area contributed by atoms with E-state index in [2.05, 4.69) is 0 Å². The lowest BCUT2D eigenvalue weighted by Gasteiger charge is -2.28. The average molecular weight is 241 g/mol. The molecule has 0 aromatic carbocycles. The molecule has 1 aliphatic carbocycles. The summed E-state index contributed by atoms with van der Waals surface area (Å²) in [4.78, 5) is 24.6. The summed E-state index contributed by atoms with van der Waals surface area (Å²) in [7, 11) is 0. The van der Waals surface area contributed by atoms with Gasteiger partial charge in [-0.3, -0.25) is 9.59 Å². The molecule has 1 atom stereocenters. The standard InChI is InChI=1S/C13H23NO3/c1-3-14(11-6-4-5-7-11)12(15)8-10(2)9-13(16)17/h10-11H,3-9H2,1-2H3,(H,16,17). The van der Waals surface area contributed by atoms with E-state index in [0.29, 0.717) is 12.5 Å². The molecule has 0 aliphatic heterocycles. The van der Waals surface area contributed by atoms with Crippen molar-refractivity contribution in [2.75, 3.05) is 6.54 Å². The third kappa shape index (κ3) is 4.36. The second-order valence-corrected chi connectivity index (χ2v) is 5.03. The van der Waals surface area contributed by atoms with Gasteiger partial charge in [-0.1, -0.05) is 19.8 Å². The Bertz CT molecular complexity index is 272. The maximum atomic E-state index is 12.1. The number of aliphatic carboxylic acids is 1. The van der Waals surface area contributed by atoms with Crippen LogP contribution >= 0.6 is 0 Å². The number of carbonyl (C=O) groups is 2. The van der Waals surface area contributed by atoms with E-state index in [1.807, 2.05) is 18.7 Å². The minimum absolute atomic E-state index is 0.0737. The van der Waals surface area contributed by atoms with Gasteiger partial charge in [0.25, 0.3) is 0 Å². The van der Waals surface area contributed by atoms with Gasteiger partial charge in [0.2, 0.25) is 5.91 Å². The minimum Gasteiger partial charge on any atom is -0.481 e. The third-order valence-electron chi connectivity index (χ3n) is 3.47. The zero-order chi connectivity index (χ0) is 12.8. The summed E-state index contributed by atoms with van der Waals surface area (Å²) in [5, 5.41) is 8.68. The Balaban J connectivity index is 2.45. The molecule has 17 heavy (non-hydrogen) atoms. The predicted molar refractivity (Wildman–Crippen MR) is 65.7 cm³/mol. The molecule has 0 saturated heterocycles. The molecule has 0 aromatic rings. The fraction of sp³-hybridized carbons (Fsp3) is 0.846. The van der Waals surface area contributed by atoms with Gasteiger partial charge in [0.1, 0.15) is 0 Å². The van der Waals surface area contributed by atoms with Crippen molar-refractivity contribution in [1.82, 2.24) is 4.90 Å².